The fourth-order valence-electron chi connectivity index (χ4n) is 3.52. The van der Waals surface area contributed by atoms with Crippen LogP contribution in [-0.2, 0) is 9.59 Å². The third-order valence-electron chi connectivity index (χ3n) is 4.78. The summed E-state index contributed by atoms with van der Waals surface area (Å²) in [6.45, 7) is 0.757. The van der Waals surface area contributed by atoms with Crippen molar-refractivity contribution >= 4 is 11.9 Å². The fraction of sp³-hybridized carbons (Fsp3) is 0.263. The van der Waals surface area contributed by atoms with E-state index < -0.39 is 17.8 Å². The van der Waals surface area contributed by atoms with Gasteiger partial charge >= 0.3 is 5.97 Å². The monoisotopic (exact) mass is 323 g/mol. The van der Waals surface area contributed by atoms with Crippen LogP contribution in [0.15, 0.2) is 48.5 Å². The van der Waals surface area contributed by atoms with E-state index in [4.69, 9.17) is 4.74 Å². The van der Waals surface area contributed by atoms with Crippen molar-refractivity contribution in [2.24, 2.45) is 5.92 Å². The van der Waals surface area contributed by atoms with E-state index in [-0.39, 0.29) is 12.5 Å². The summed E-state index contributed by atoms with van der Waals surface area (Å²) in [6, 6.07) is 15.1. The van der Waals surface area contributed by atoms with Gasteiger partial charge in [0, 0.05) is 24.2 Å². The first-order valence-electron chi connectivity index (χ1n) is 8.02. The molecule has 0 spiro atoms. The van der Waals surface area contributed by atoms with Crippen LogP contribution in [-0.4, -0.2) is 35.0 Å². The number of benzene rings is 2. The minimum Gasteiger partial charge on any atom is -0.481 e. The van der Waals surface area contributed by atoms with Crippen molar-refractivity contribution in [2.45, 2.75) is 12.3 Å². The Balaban J connectivity index is 1.72. The zero-order valence-electron chi connectivity index (χ0n) is 13.0. The van der Waals surface area contributed by atoms with E-state index in [0.717, 1.165) is 11.1 Å². The van der Waals surface area contributed by atoms with Gasteiger partial charge in [0.2, 0.25) is 5.91 Å². The average molecular weight is 323 g/mol. The molecule has 1 N–H and O–H groups in total. The number of carbonyl (C=O) groups excluding carboxylic acids is 1. The Kier molecular flexibility index (Phi) is 3.49. The molecule has 5 heteroatoms. The molecule has 1 atom stereocenters. The molecule has 1 unspecified atom stereocenters. The lowest BCUT2D eigenvalue weighted by Gasteiger charge is -2.30. The summed E-state index contributed by atoms with van der Waals surface area (Å²) in [5.41, 5.74) is 1.67. The molecule has 0 aromatic heterocycles. The molecule has 2 aliphatic rings. The van der Waals surface area contributed by atoms with E-state index >= 15 is 0 Å². The zero-order chi connectivity index (χ0) is 16.7. The van der Waals surface area contributed by atoms with Crippen LogP contribution in [0.3, 0.4) is 0 Å². The highest BCUT2D eigenvalue weighted by Gasteiger charge is 2.38. The number of carboxylic acid groups (broad SMARTS) is 1. The second kappa shape index (κ2) is 5.67. The van der Waals surface area contributed by atoms with Crippen molar-refractivity contribution < 1.29 is 19.4 Å². The first-order chi connectivity index (χ1) is 11.6. The Morgan fingerprint density at radius 1 is 1.00 bits per heavy atom. The SMILES string of the molecule is O=C(O)C1CCN(C(=O)C2c3ccccc3Oc3ccccc32)C1. The van der Waals surface area contributed by atoms with Crippen molar-refractivity contribution in [1.82, 2.24) is 4.90 Å². The number of rotatable bonds is 2. The molecule has 2 heterocycles. The number of carbonyl (C=O) groups is 2. The van der Waals surface area contributed by atoms with Crippen LogP contribution in [0.4, 0.5) is 0 Å². The normalized spacial score (nSPS) is 19.3. The van der Waals surface area contributed by atoms with Crippen LogP contribution in [0.25, 0.3) is 0 Å². The molecule has 1 amide bonds. The summed E-state index contributed by atoms with van der Waals surface area (Å²) < 4.78 is 5.91. The van der Waals surface area contributed by atoms with E-state index in [9.17, 15) is 14.7 Å². The minimum absolute atomic E-state index is 0.0537. The van der Waals surface area contributed by atoms with Gasteiger partial charge in [0.15, 0.2) is 0 Å². The van der Waals surface area contributed by atoms with Gasteiger partial charge in [-0.25, -0.2) is 0 Å². The zero-order valence-corrected chi connectivity index (χ0v) is 13.0. The number of likely N-dealkylation sites (tertiary alicyclic amines) is 1. The molecule has 0 aliphatic carbocycles. The molecule has 4 rings (SSSR count). The largest absolute Gasteiger partial charge is 0.481 e. The van der Waals surface area contributed by atoms with Gasteiger partial charge in [-0.1, -0.05) is 36.4 Å². The van der Waals surface area contributed by atoms with Crippen molar-refractivity contribution in [3.8, 4) is 11.5 Å². The second-order valence-electron chi connectivity index (χ2n) is 6.22. The van der Waals surface area contributed by atoms with Gasteiger partial charge in [-0.05, 0) is 18.6 Å². The maximum atomic E-state index is 13.2. The smallest absolute Gasteiger partial charge is 0.308 e. The van der Waals surface area contributed by atoms with Crippen LogP contribution in [0, 0.1) is 5.92 Å². The van der Waals surface area contributed by atoms with Crippen LogP contribution in [0.5, 0.6) is 11.5 Å². The van der Waals surface area contributed by atoms with E-state index in [0.29, 0.717) is 24.5 Å². The van der Waals surface area contributed by atoms with Crippen molar-refractivity contribution in [3.05, 3.63) is 59.7 Å². The number of carboxylic acids is 1. The van der Waals surface area contributed by atoms with Gasteiger partial charge in [-0.2, -0.15) is 0 Å². The van der Waals surface area contributed by atoms with Gasteiger partial charge in [0.25, 0.3) is 0 Å². The van der Waals surface area contributed by atoms with Crippen molar-refractivity contribution in [3.63, 3.8) is 0 Å². The fourth-order valence-corrected chi connectivity index (χ4v) is 3.52. The number of hydrogen-bond donors (Lipinski definition) is 1. The lowest BCUT2D eigenvalue weighted by atomic mass is 9.87. The summed E-state index contributed by atoms with van der Waals surface area (Å²) in [5.74, 6) is -0.440. The molecule has 5 nitrogen and oxygen atoms in total. The minimum atomic E-state index is -0.835. The van der Waals surface area contributed by atoms with Crippen LogP contribution >= 0.6 is 0 Å². The molecule has 2 aromatic carbocycles. The van der Waals surface area contributed by atoms with Gasteiger partial charge in [-0.3, -0.25) is 9.59 Å². The molecule has 0 bridgehead atoms. The Labute approximate surface area is 139 Å². The third kappa shape index (κ3) is 2.33. The molecular formula is C19H17NO4. The maximum absolute atomic E-state index is 13.2. The molecule has 1 fully saturated rings. The highest BCUT2D eigenvalue weighted by atomic mass is 16.5. The van der Waals surface area contributed by atoms with E-state index in [1.165, 1.54) is 0 Å². The Morgan fingerprint density at radius 2 is 1.58 bits per heavy atom. The van der Waals surface area contributed by atoms with E-state index in [1.807, 2.05) is 48.5 Å². The third-order valence-corrected chi connectivity index (χ3v) is 4.78. The Hall–Kier alpha value is -2.82. The van der Waals surface area contributed by atoms with Gasteiger partial charge < -0.3 is 14.7 Å². The lowest BCUT2D eigenvalue weighted by molar-refractivity contribution is -0.141. The number of nitrogens with zero attached hydrogens (tertiary/aromatic N) is 1. The summed E-state index contributed by atoms with van der Waals surface area (Å²) in [7, 11) is 0. The van der Waals surface area contributed by atoms with Crippen molar-refractivity contribution in [1.29, 1.82) is 0 Å². The number of hydrogen-bond acceptors (Lipinski definition) is 3. The molecular weight excluding hydrogens is 306 g/mol. The first-order valence-corrected chi connectivity index (χ1v) is 8.02. The summed E-state index contributed by atoms with van der Waals surface area (Å²) in [5, 5.41) is 9.18. The summed E-state index contributed by atoms with van der Waals surface area (Å²) >= 11 is 0. The number of amides is 1. The number of ether oxygens (including phenoxy) is 1. The number of aliphatic carboxylic acids is 1. The predicted molar refractivity (Wildman–Crippen MR) is 87.1 cm³/mol. The molecule has 122 valence electrons. The standard InChI is InChI=1S/C19H17NO4/c21-18(20-10-9-12(11-20)19(22)23)17-13-5-1-3-7-15(13)24-16-8-4-2-6-14(16)17/h1-8,12,17H,9-11H2,(H,22,23). The van der Waals surface area contributed by atoms with Crippen molar-refractivity contribution in [2.75, 3.05) is 13.1 Å². The quantitative estimate of drug-likeness (QED) is 0.923. The van der Waals surface area contributed by atoms with Crippen LogP contribution < -0.4 is 4.74 Å². The molecule has 0 radical (unpaired) electrons. The first kappa shape index (κ1) is 14.8. The number of fused-ring (bicyclic) bond motifs is 2. The maximum Gasteiger partial charge on any atom is 0.308 e. The summed E-state index contributed by atoms with van der Waals surface area (Å²) in [6.07, 6.45) is 0.508. The van der Waals surface area contributed by atoms with Gasteiger partial charge in [0.05, 0.1) is 11.8 Å². The van der Waals surface area contributed by atoms with E-state index in [2.05, 4.69) is 0 Å². The highest BCUT2D eigenvalue weighted by Crippen LogP contribution is 2.45. The Bertz CT molecular complexity index is 771. The van der Waals surface area contributed by atoms with Gasteiger partial charge in [0.1, 0.15) is 11.5 Å². The molecule has 0 saturated carbocycles. The predicted octanol–water partition coefficient (Wildman–Crippen LogP) is 2.86. The van der Waals surface area contributed by atoms with E-state index in [1.54, 1.807) is 4.90 Å². The summed E-state index contributed by atoms with van der Waals surface area (Å²) in [4.78, 5) is 26.0. The lowest BCUT2D eigenvalue weighted by Crippen LogP contribution is -2.35. The topological polar surface area (TPSA) is 66.8 Å². The Morgan fingerprint density at radius 3 is 2.12 bits per heavy atom. The molecule has 1 saturated heterocycles. The molecule has 24 heavy (non-hydrogen) atoms. The highest BCUT2D eigenvalue weighted by molar-refractivity contribution is 5.90. The van der Waals surface area contributed by atoms with Crippen LogP contribution in [0.1, 0.15) is 23.5 Å². The van der Waals surface area contributed by atoms with Crippen LogP contribution in [0.2, 0.25) is 0 Å². The molecule has 2 aliphatic heterocycles. The molecule has 2 aromatic rings. The van der Waals surface area contributed by atoms with Gasteiger partial charge in [-0.15, -0.1) is 0 Å². The average Bonchev–Trinajstić information content (AvgIpc) is 3.09. The number of para-hydroxylation sites is 2. The second-order valence-corrected chi connectivity index (χ2v) is 6.22.